The van der Waals surface area contributed by atoms with Crippen molar-refractivity contribution in [1.29, 1.82) is 0 Å². The van der Waals surface area contributed by atoms with E-state index in [-0.39, 0.29) is 5.91 Å². The van der Waals surface area contributed by atoms with Crippen molar-refractivity contribution in [3.05, 3.63) is 71.9 Å². The van der Waals surface area contributed by atoms with Gasteiger partial charge in [0.15, 0.2) is 0 Å². The smallest absolute Gasteiger partial charge is 0.253 e. The highest BCUT2D eigenvalue weighted by Gasteiger charge is 2.13. The molecule has 4 heteroatoms. The van der Waals surface area contributed by atoms with Crippen LogP contribution in [0.1, 0.15) is 15.9 Å². The minimum Gasteiger partial charge on any atom is -0.351 e. The number of nitrogens with one attached hydrogen (secondary N) is 1. The quantitative estimate of drug-likeness (QED) is 0.696. The number of hydrogen-bond acceptors (Lipinski definition) is 2. The molecule has 3 rings (SSSR count). The van der Waals surface area contributed by atoms with E-state index in [1.807, 2.05) is 48.7 Å². The van der Waals surface area contributed by atoms with Crippen LogP contribution in [0.2, 0.25) is 0 Å². The standard InChI is InChI=1S/C18H18N2OS/c21-18(19-10-12-22)16-8-4-7-15-9-11-20(17(15)16)13-14-5-2-1-3-6-14/h1-9,11,22H,10,12-13H2,(H,19,21). The molecular weight excluding hydrogens is 292 g/mol. The second-order valence-corrected chi connectivity index (χ2v) is 5.60. The van der Waals surface area contributed by atoms with Crippen LogP contribution in [-0.4, -0.2) is 22.8 Å². The average Bonchev–Trinajstić information content (AvgIpc) is 2.96. The Morgan fingerprint density at radius 1 is 1.05 bits per heavy atom. The Morgan fingerprint density at radius 3 is 2.64 bits per heavy atom. The molecule has 0 aliphatic carbocycles. The molecule has 1 heterocycles. The molecule has 22 heavy (non-hydrogen) atoms. The molecule has 0 atom stereocenters. The van der Waals surface area contributed by atoms with Gasteiger partial charge in [-0.05, 0) is 17.7 Å². The van der Waals surface area contributed by atoms with Crippen LogP contribution in [0.4, 0.5) is 0 Å². The van der Waals surface area contributed by atoms with E-state index in [0.29, 0.717) is 17.9 Å². The zero-order valence-electron chi connectivity index (χ0n) is 12.2. The maximum absolute atomic E-state index is 12.4. The van der Waals surface area contributed by atoms with Gasteiger partial charge in [0, 0.05) is 30.4 Å². The summed E-state index contributed by atoms with van der Waals surface area (Å²) in [6.45, 7) is 1.32. The lowest BCUT2D eigenvalue weighted by molar-refractivity contribution is 0.0957. The number of nitrogens with zero attached hydrogens (tertiary/aromatic N) is 1. The van der Waals surface area contributed by atoms with Crippen molar-refractivity contribution in [2.24, 2.45) is 0 Å². The molecule has 0 saturated heterocycles. The number of carbonyl (C=O) groups is 1. The van der Waals surface area contributed by atoms with Crippen LogP contribution in [0.3, 0.4) is 0 Å². The van der Waals surface area contributed by atoms with Crippen molar-refractivity contribution < 1.29 is 4.79 Å². The van der Waals surface area contributed by atoms with E-state index in [4.69, 9.17) is 0 Å². The zero-order chi connectivity index (χ0) is 15.4. The highest BCUT2D eigenvalue weighted by atomic mass is 32.1. The van der Waals surface area contributed by atoms with Crippen LogP contribution in [0.25, 0.3) is 10.9 Å². The summed E-state index contributed by atoms with van der Waals surface area (Å²) in [5.74, 6) is 0.583. The summed E-state index contributed by atoms with van der Waals surface area (Å²) in [6, 6.07) is 18.1. The van der Waals surface area contributed by atoms with Gasteiger partial charge in [-0.25, -0.2) is 0 Å². The Bertz CT molecular complexity index is 780. The molecule has 1 amide bonds. The van der Waals surface area contributed by atoms with Gasteiger partial charge in [-0.15, -0.1) is 0 Å². The van der Waals surface area contributed by atoms with Crippen molar-refractivity contribution >= 4 is 29.4 Å². The van der Waals surface area contributed by atoms with E-state index in [9.17, 15) is 4.79 Å². The molecule has 0 spiro atoms. The fourth-order valence-corrected chi connectivity index (χ4v) is 2.73. The summed E-state index contributed by atoms with van der Waals surface area (Å²) in [5, 5.41) is 3.97. The summed E-state index contributed by atoms with van der Waals surface area (Å²) < 4.78 is 2.13. The van der Waals surface area contributed by atoms with Crippen molar-refractivity contribution in [3.63, 3.8) is 0 Å². The molecule has 0 fully saturated rings. The fourth-order valence-electron chi connectivity index (χ4n) is 2.62. The fraction of sp³-hybridized carbons (Fsp3) is 0.167. The molecule has 0 radical (unpaired) electrons. The van der Waals surface area contributed by atoms with Gasteiger partial charge in [0.1, 0.15) is 0 Å². The summed E-state index contributed by atoms with van der Waals surface area (Å²) >= 11 is 4.14. The first kappa shape index (κ1) is 14.7. The second-order valence-electron chi connectivity index (χ2n) is 5.15. The molecule has 1 aromatic heterocycles. The third-order valence-electron chi connectivity index (χ3n) is 3.63. The Kier molecular flexibility index (Phi) is 4.49. The third kappa shape index (κ3) is 3.02. The minimum absolute atomic E-state index is 0.0485. The lowest BCUT2D eigenvalue weighted by Crippen LogP contribution is -2.25. The van der Waals surface area contributed by atoms with Crippen molar-refractivity contribution in [2.45, 2.75) is 6.54 Å². The Labute approximate surface area is 135 Å². The first-order valence-electron chi connectivity index (χ1n) is 7.30. The Balaban J connectivity index is 1.99. The number of rotatable bonds is 5. The molecule has 0 aliphatic rings. The molecule has 1 N–H and O–H groups in total. The van der Waals surface area contributed by atoms with Gasteiger partial charge < -0.3 is 9.88 Å². The summed E-state index contributed by atoms with van der Waals surface area (Å²) in [6.07, 6.45) is 2.03. The highest BCUT2D eigenvalue weighted by Crippen LogP contribution is 2.21. The molecule has 0 aliphatic heterocycles. The van der Waals surface area contributed by atoms with E-state index in [1.54, 1.807) is 0 Å². The Morgan fingerprint density at radius 2 is 1.86 bits per heavy atom. The predicted molar refractivity (Wildman–Crippen MR) is 93.7 cm³/mol. The van der Waals surface area contributed by atoms with Crippen LogP contribution < -0.4 is 5.32 Å². The van der Waals surface area contributed by atoms with E-state index in [2.05, 4.69) is 34.6 Å². The largest absolute Gasteiger partial charge is 0.351 e. The summed E-state index contributed by atoms with van der Waals surface area (Å²) in [5.41, 5.74) is 2.90. The summed E-state index contributed by atoms with van der Waals surface area (Å²) in [7, 11) is 0. The van der Waals surface area contributed by atoms with E-state index < -0.39 is 0 Å². The predicted octanol–water partition coefficient (Wildman–Crippen LogP) is 3.35. The number of thiol groups is 1. The van der Waals surface area contributed by atoms with E-state index in [0.717, 1.165) is 17.4 Å². The van der Waals surface area contributed by atoms with Gasteiger partial charge in [0.05, 0.1) is 11.1 Å². The molecule has 112 valence electrons. The number of carbonyl (C=O) groups excluding carboxylic acids is 1. The maximum atomic E-state index is 12.4. The normalized spacial score (nSPS) is 10.8. The molecule has 0 saturated carbocycles. The van der Waals surface area contributed by atoms with Crippen LogP contribution in [0.5, 0.6) is 0 Å². The number of amides is 1. The van der Waals surface area contributed by atoms with Gasteiger partial charge in [-0.1, -0.05) is 42.5 Å². The monoisotopic (exact) mass is 310 g/mol. The molecule has 3 aromatic rings. The minimum atomic E-state index is -0.0485. The highest BCUT2D eigenvalue weighted by molar-refractivity contribution is 7.80. The number of fused-ring (bicyclic) bond motifs is 1. The van der Waals surface area contributed by atoms with Crippen molar-refractivity contribution in [3.8, 4) is 0 Å². The topological polar surface area (TPSA) is 34.0 Å². The lowest BCUT2D eigenvalue weighted by Gasteiger charge is -2.10. The Hall–Kier alpha value is -2.20. The van der Waals surface area contributed by atoms with Crippen LogP contribution in [-0.2, 0) is 6.54 Å². The van der Waals surface area contributed by atoms with Crippen LogP contribution >= 0.6 is 12.6 Å². The van der Waals surface area contributed by atoms with Gasteiger partial charge >= 0.3 is 0 Å². The zero-order valence-corrected chi connectivity index (χ0v) is 13.1. The third-order valence-corrected chi connectivity index (χ3v) is 3.85. The molecule has 0 unspecified atom stereocenters. The van der Waals surface area contributed by atoms with Gasteiger partial charge in [0.25, 0.3) is 5.91 Å². The van der Waals surface area contributed by atoms with Gasteiger partial charge in [-0.2, -0.15) is 12.6 Å². The maximum Gasteiger partial charge on any atom is 0.253 e. The second kappa shape index (κ2) is 6.71. The first-order chi connectivity index (χ1) is 10.8. The number of hydrogen-bond donors (Lipinski definition) is 2. The number of benzene rings is 2. The van der Waals surface area contributed by atoms with Crippen LogP contribution in [0.15, 0.2) is 60.8 Å². The van der Waals surface area contributed by atoms with Crippen molar-refractivity contribution in [2.75, 3.05) is 12.3 Å². The number of aromatic nitrogens is 1. The first-order valence-corrected chi connectivity index (χ1v) is 7.93. The van der Waals surface area contributed by atoms with E-state index >= 15 is 0 Å². The summed E-state index contributed by atoms with van der Waals surface area (Å²) in [4.78, 5) is 12.4. The van der Waals surface area contributed by atoms with Crippen molar-refractivity contribution in [1.82, 2.24) is 9.88 Å². The van der Waals surface area contributed by atoms with E-state index in [1.165, 1.54) is 5.56 Å². The molecule has 0 bridgehead atoms. The molecule has 2 aromatic carbocycles. The van der Waals surface area contributed by atoms with Gasteiger partial charge in [-0.3, -0.25) is 4.79 Å². The SMILES string of the molecule is O=C(NCCS)c1cccc2ccn(Cc3ccccc3)c12. The molecular formula is C18H18N2OS. The van der Waals surface area contributed by atoms with Crippen LogP contribution in [0, 0.1) is 0 Å². The average molecular weight is 310 g/mol. The number of para-hydroxylation sites is 1. The lowest BCUT2D eigenvalue weighted by atomic mass is 10.1. The van der Waals surface area contributed by atoms with Gasteiger partial charge in [0.2, 0.25) is 0 Å². The molecule has 3 nitrogen and oxygen atoms in total.